The van der Waals surface area contributed by atoms with E-state index in [2.05, 4.69) is 24.5 Å². The fourth-order valence-corrected chi connectivity index (χ4v) is 3.60. The van der Waals surface area contributed by atoms with Crippen molar-refractivity contribution in [3.8, 4) is 0 Å². The smallest absolute Gasteiger partial charge is 0.251 e. The lowest BCUT2D eigenvalue weighted by Gasteiger charge is -2.13. The van der Waals surface area contributed by atoms with Crippen LogP contribution in [0.5, 0.6) is 0 Å². The first-order chi connectivity index (χ1) is 17.5. The van der Waals surface area contributed by atoms with Gasteiger partial charge in [0.25, 0.3) is 12.9 Å². The lowest BCUT2D eigenvalue weighted by atomic mass is 10.1. The van der Waals surface area contributed by atoms with Gasteiger partial charge in [0.1, 0.15) is 6.17 Å². The molecule has 3 aliphatic rings. The number of halogens is 5. The van der Waals surface area contributed by atoms with Crippen LogP contribution < -0.4 is 10.6 Å². The summed E-state index contributed by atoms with van der Waals surface area (Å²) in [5.41, 5.74) is 0. The molecule has 0 bridgehead atoms. The highest BCUT2D eigenvalue weighted by Crippen LogP contribution is 2.17. The summed E-state index contributed by atoms with van der Waals surface area (Å²) in [5, 5.41) is 5.77. The molecule has 3 heterocycles. The Kier molecular flexibility index (Phi) is 37.3. The molecule has 0 saturated carbocycles. The van der Waals surface area contributed by atoms with Gasteiger partial charge in [0.2, 0.25) is 0 Å². The van der Waals surface area contributed by atoms with E-state index in [0.717, 1.165) is 32.0 Å². The van der Waals surface area contributed by atoms with Crippen molar-refractivity contribution in [3.05, 3.63) is 0 Å². The zero-order chi connectivity index (χ0) is 29.8. The SMILES string of the molecule is CC.CC.CC.CC1CCNC1.CC1CN(C)CC1F.CCNCC(F)F.C[C@@H]1CCN(CC(F)F)C1. The summed E-state index contributed by atoms with van der Waals surface area (Å²) in [7, 11) is 1.95. The number of likely N-dealkylation sites (tertiary alicyclic amines) is 2. The molecule has 0 spiro atoms. The lowest BCUT2D eigenvalue weighted by molar-refractivity contribution is 0.0982. The first-order valence-corrected chi connectivity index (χ1v) is 14.6. The van der Waals surface area contributed by atoms with Crippen molar-refractivity contribution in [2.45, 2.75) is 101 Å². The monoisotopic (exact) mass is 550 g/mol. The van der Waals surface area contributed by atoms with Gasteiger partial charge < -0.3 is 15.5 Å². The topological polar surface area (TPSA) is 30.5 Å². The second-order valence-electron chi connectivity index (χ2n) is 9.06. The third kappa shape index (κ3) is 31.6. The molecule has 0 amide bonds. The lowest BCUT2D eigenvalue weighted by Crippen LogP contribution is -2.26. The highest BCUT2D eigenvalue weighted by Gasteiger charge is 2.26. The van der Waals surface area contributed by atoms with Gasteiger partial charge in [0.05, 0.1) is 13.1 Å². The third-order valence-corrected chi connectivity index (χ3v) is 5.46. The number of rotatable bonds is 5. The highest BCUT2D eigenvalue weighted by molar-refractivity contribution is 4.78. The molecular weight excluding hydrogens is 487 g/mol. The minimum Gasteiger partial charge on any atom is -0.316 e. The van der Waals surface area contributed by atoms with E-state index in [-0.39, 0.29) is 19.0 Å². The van der Waals surface area contributed by atoms with Crippen molar-refractivity contribution in [1.29, 1.82) is 0 Å². The normalized spacial score (nSPS) is 24.5. The Balaban J connectivity index is -0.000000186. The van der Waals surface area contributed by atoms with Crippen LogP contribution in [0, 0.1) is 17.8 Å². The number of alkyl halides is 5. The first-order valence-electron chi connectivity index (χ1n) is 14.6. The summed E-state index contributed by atoms with van der Waals surface area (Å²) in [6.07, 6.45) is -2.50. The Morgan fingerprint density at radius 2 is 1.41 bits per heavy atom. The van der Waals surface area contributed by atoms with Gasteiger partial charge >= 0.3 is 0 Å². The zero-order valence-corrected chi connectivity index (χ0v) is 26.0. The molecular formula is C28H63F5N4. The Bertz CT molecular complexity index is 404. The van der Waals surface area contributed by atoms with E-state index in [4.69, 9.17) is 0 Å². The average Bonchev–Trinajstić information content (AvgIpc) is 3.59. The van der Waals surface area contributed by atoms with Gasteiger partial charge in [-0.25, -0.2) is 22.0 Å². The Morgan fingerprint density at radius 1 is 0.838 bits per heavy atom. The van der Waals surface area contributed by atoms with E-state index in [9.17, 15) is 22.0 Å². The van der Waals surface area contributed by atoms with Crippen LogP contribution in [0.3, 0.4) is 0 Å². The molecule has 2 N–H and O–H groups in total. The predicted molar refractivity (Wildman–Crippen MR) is 153 cm³/mol. The Hall–Kier alpha value is -0.510. The van der Waals surface area contributed by atoms with Gasteiger partial charge in [0.15, 0.2) is 0 Å². The molecule has 9 heteroatoms. The van der Waals surface area contributed by atoms with Gasteiger partial charge in [-0.05, 0) is 57.9 Å². The van der Waals surface area contributed by atoms with Crippen LogP contribution in [-0.2, 0) is 0 Å². The maximum atomic E-state index is 12.5. The fourth-order valence-electron chi connectivity index (χ4n) is 3.60. The molecule has 3 saturated heterocycles. The molecule has 37 heavy (non-hydrogen) atoms. The van der Waals surface area contributed by atoms with Gasteiger partial charge in [0, 0.05) is 25.6 Å². The van der Waals surface area contributed by atoms with Crippen molar-refractivity contribution >= 4 is 0 Å². The summed E-state index contributed by atoms with van der Waals surface area (Å²) in [6, 6.07) is 0. The molecule has 0 aromatic heterocycles. The minimum absolute atomic E-state index is 0.0374. The van der Waals surface area contributed by atoms with E-state index in [1.807, 2.05) is 65.3 Å². The van der Waals surface area contributed by atoms with Gasteiger partial charge in [-0.1, -0.05) is 69.2 Å². The van der Waals surface area contributed by atoms with Gasteiger partial charge in [-0.3, -0.25) is 4.90 Å². The van der Waals surface area contributed by atoms with E-state index < -0.39 is 19.0 Å². The number of hydrogen-bond donors (Lipinski definition) is 2. The number of hydrogen-bond acceptors (Lipinski definition) is 4. The van der Waals surface area contributed by atoms with Gasteiger partial charge in [-0.15, -0.1) is 0 Å². The van der Waals surface area contributed by atoms with Crippen molar-refractivity contribution in [2.24, 2.45) is 17.8 Å². The number of nitrogens with zero attached hydrogens (tertiary/aromatic N) is 2. The molecule has 3 rings (SSSR count). The van der Waals surface area contributed by atoms with Crippen LogP contribution in [0.4, 0.5) is 22.0 Å². The van der Waals surface area contributed by atoms with Crippen molar-refractivity contribution in [2.75, 3.05) is 66.0 Å². The summed E-state index contributed by atoms with van der Waals surface area (Å²) in [4.78, 5) is 3.85. The van der Waals surface area contributed by atoms with Crippen LogP contribution in [-0.4, -0.2) is 94.8 Å². The van der Waals surface area contributed by atoms with E-state index in [1.54, 1.807) is 6.92 Å². The average molecular weight is 551 g/mol. The standard InChI is InChI=1S/C7H13F2N.C6H12FN.C5H11N.C4H9F2N.3C2H6/c1-6-2-3-10(4-6)5-7(8)9;1-5-3-8(2)4-6(5)7;1-5-2-3-6-4-5;1-2-7-3-4(5)6;3*1-2/h6-7H,2-5H2,1H3;5-6H,3-4H2,1-2H3;5-6H,2-4H2,1H3;4,7H,2-3H2,1H3;3*1-2H3/t6-;;;;;;/m1....../s1. The minimum atomic E-state index is -2.21. The Labute approximate surface area is 227 Å². The molecule has 0 radical (unpaired) electrons. The van der Waals surface area contributed by atoms with E-state index >= 15 is 0 Å². The van der Waals surface area contributed by atoms with Crippen LogP contribution in [0.25, 0.3) is 0 Å². The van der Waals surface area contributed by atoms with Crippen LogP contribution >= 0.6 is 0 Å². The molecule has 3 aliphatic heterocycles. The molecule has 3 unspecified atom stereocenters. The molecule has 0 aromatic rings. The van der Waals surface area contributed by atoms with E-state index in [1.165, 1.54) is 19.5 Å². The molecule has 4 atom stereocenters. The first kappa shape index (κ1) is 43.5. The third-order valence-electron chi connectivity index (χ3n) is 5.46. The van der Waals surface area contributed by atoms with Crippen LogP contribution in [0.1, 0.15) is 82.1 Å². The largest absolute Gasteiger partial charge is 0.316 e. The molecule has 0 aliphatic carbocycles. The maximum absolute atomic E-state index is 12.5. The fraction of sp³-hybridized carbons (Fsp3) is 1.00. The summed E-state index contributed by atoms with van der Waals surface area (Å²) in [5.74, 6) is 1.80. The van der Waals surface area contributed by atoms with E-state index in [0.29, 0.717) is 19.0 Å². The second kappa shape index (κ2) is 31.7. The van der Waals surface area contributed by atoms with Crippen LogP contribution in [0.2, 0.25) is 0 Å². The predicted octanol–water partition coefficient (Wildman–Crippen LogP) is 7.05. The molecule has 3 fully saturated rings. The van der Waals surface area contributed by atoms with Crippen LogP contribution in [0.15, 0.2) is 0 Å². The van der Waals surface area contributed by atoms with Gasteiger partial charge in [-0.2, -0.15) is 0 Å². The van der Waals surface area contributed by atoms with Crippen molar-refractivity contribution in [3.63, 3.8) is 0 Å². The van der Waals surface area contributed by atoms with Crippen molar-refractivity contribution in [1.82, 2.24) is 20.4 Å². The number of nitrogens with one attached hydrogen (secondary N) is 2. The molecule has 4 nitrogen and oxygen atoms in total. The molecule has 0 aromatic carbocycles. The van der Waals surface area contributed by atoms with Crippen molar-refractivity contribution < 1.29 is 22.0 Å². The summed E-state index contributed by atoms with van der Waals surface area (Å²) < 4.78 is 58.4. The molecule has 230 valence electrons. The zero-order valence-electron chi connectivity index (χ0n) is 26.0. The summed E-state index contributed by atoms with van der Waals surface area (Å²) >= 11 is 0. The highest BCUT2D eigenvalue weighted by atomic mass is 19.3. The Morgan fingerprint density at radius 3 is 1.59 bits per heavy atom. The summed E-state index contributed by atoms with van der Waals surface area (Å²) in [6.45, 7) is 26.2. The maximum Gasteiger partial charge on any atom is 0.251 e. The second-order valence-corrected chi connectivity index (χ2v) is 9.06. The quantitative estimate of drug-likeness (QED) is 0.359.